The van der Waals surface area contributed by atoms with Crippen molar-refractivity contribution in [3.05, 3.63) is 59.7 Å². The maximum Gasteiger partial charge on any atom is 0.258 e. The summed E-state index contributed by atoms with van der Waals surface area (Å²) in [6, 6.07) is 8.22. The summed E-state index contributed by atoms with van der Waals surface area (Å²) in [6.45, 7) is 4.14. The number of sulfonamides is 1. The number of rotatable bonds is 4. The third-order valence-electron chi connectivity index (χ3n) is 4.31. The van der Waals surface area contributed by atoms with Gasteiger partial charge in [-0.25, -0.2) is 17.2 Å². The van der Waals surface area contributed by atoms with E-state index < -0.39 is 27.6 Å². The number of carbonyl (C=O) groups excluding carboxylic acids is 1. The first-order chi connectivity index (χ1) is 13.2. The summed E-state index contributed by atoms with van der Waals surface area (Å²) in [4.78, 5) is 12.2. The zero-order chi connectivity index (χ0) is 20.5. The smallest absolute Gasteiger partial charge is 0.258 e. The average molecular weight is 410 g/mol. The van der Waals surface area contributed by atoms with Gasteiger partial charge in [0.25, 0.3) is 5.91 Å². The van der Waals surface area contributed by atoms with Crippen LogP contribution in [0.3, 0.4) is 0 Å². The molecule has 1 aliphatic rings. The fourth-order valence-electron chi connectivity index (χ4n) is 3.06. The van der Waals surface area contributed by atoms with Crippen molar-refractivity contribution < 1.29 is 26.7 Å². The molecule has 0 saturated carbocycles. The molecule has 1 saturated heterocycles. The Balaban J connectivity index is 1.75. The average Bonchev–Trinajstić information content (AvgIpc) is 2.61. The number of nitrogens with zero attached hydrogens (tertiary/aromatic N) is 1. The van der Waals surface area contributed by atoms with Crippen molar-refractivity contribution in [2.75, 3.05) is 18.4 Å². The summed E-state index contributed by atoms with van der Waals surface area (Å²) in [5.74, 6) is -2.52. The summed E-state index contributed by atoms with van der Waals surface area (Å²) in [5, 5.41) is 2.46. The lowest BCUT2D eigenvalue weighted by Gasteiger charge is -2.34. The van der Waals surface area contributed by atoms with Crippen LogP contribution in [0.1, 0.15) is 24.2 Å². The van der Waals surface area contributed by atoms with Crippen molar-refractivity contribution in [1.29, 1.82) is 0 Å². The van der Waals surface area contributed by atoms with Crippen LogP contribution in [-0.2, 0) is 14.8 Å². The molecule has 0 bridgehead atoms. The van der Waals surface area contributed by atoms with Gasteiger partial charge in [-0.1, -0.05) is 0 Å². The van der Waals surface area contributed by atoms with Crippen LogP contribution in [-0.4, -0.2) is 43.9 Å². The normalized spacial score (nSPS) is 20.7. The number of benzene rings is 2. The molecule has 0 spiro atoms. The molecule has 2 aromatic carbocycles. The molecule has 1 amide bonds. The van der Waals surface area contributed by atoms with Crippen LogP contribution >= 0.6 is 0 Å². The first kappa shape index (κ1) is 20.4. The first-order valence-corrected chi connectivity index (χ1v) is 10.1. The minimum atomic E-state index is -3.70. The molecular formula is C19H20F2N2O4S. The van der Waals surface area contributed by atoms with E-state index in [2.05, 4.69) is 5.32 Å². The molecule has 1 N–H and O–H groups in total. The molecule has 2 aromatic rings. The molecule has 1 fully saturated rings. The highest BCUT2D eigenvalue weighted by atomic mass is 32.2. The van der Waals surface area contributed by atoms with Gasteiger partial charge in [-0.15, -0.1) is 0 Å². The monoisotopic (exact) mass is 410 g/mol. The van der Waals surface area contributed by atoms with Crippen molar-refractivity contribution in [2.45, 2.75) is 31.0 Å². The van der Waals surface area contributed by atoms with Gasteiger partial charge >= 0.3 is 0 Å². The van der Waals surface area contributed by atoms with Crippen LogP contribution in [0.25, 0.3) is 0 Å². The fraction of sp³-hybridized carbons (Fsp3) is 0.316. The number of ether oxygens (including phenoxy) is 1. The fourth-order valence-corrected chi connectivity index (χ4v) is 4.65. The number of hydrogen-bond acceptors (Lipinski definition) is 4. The Hall–Kier alpha value is -2.36. The Morgan fingerprint density at radius 2 is 1.68 bits per heavy atom. The van der Waals surface area contributed by atoms with Crippen molar-refractivity contribution in [3.63, 3.8) is 0 Å². The molecule has 28 heavy (non-hydrogen) atoms. The summed E-state index contributed by atoms with van der Waals surface area (Å²) in [6.07, 6.45) is -0.412. The van der Waals surface area contributed by atoms with E-state index in [1.807, 2.05) is 13.8 Å². The molecule has 2 atom stereocenters. The molecular weight excluding hydrogens is 390 g/mol. The Morgan fingerprint density at radius 1 is 1.07 bits per heavy atom. The Morgan fingerprint density at radius 3 is 2.25 bits per heavy atom. The van der Waals surface area contributed by atoms with Gasteiger partial charge in [0, 0.05) is 24.8 Å². The largest absolute Gasteiger partial charge is 0.373 e. The van der Waals surface area contributed by atoms with E-state index in [1.54, 1.807) is 0 Å². The second-order valence-electron chi connectivity index (χ2n) is 6.68. The molecule has 9 heteroatoms. The molecule has 0 radical (unpaired) electrons. The van der Waals surface area contributed by atoms with Gasteiger partial charge < -0.3 is 10.1 Å². The first-order valence-electron chi connectivity index (χ1n) is 8.69. The number of hydrogen-bond donors (Lipinski definition) is 1. The van der Waals surface area contributed by atoms with Crippen LogP contribution in [0.4, 0.5) is 14.5 Å². The third kappa shape index (κ3) is 4.37. The maximum absolute atomic E-state index is 13.7. The number of nitrogens with one attached hydrogen (secondary N) is 1. The third-order valence-corrected chi connectivity index (χ3v) is 6.16. The second kappa shape index (κ2) is 7.94. The Labute approximate surface area is 162 Å². The SMILES string of the molecule is CC1CN(S(=O)(=O)c2ccc(NC(=O)c3ccc(F)cc3F)cc2)CC(C)O1. The van der Waals surface area contributed by atoms with E-state index in [0.29, 0.717) is 6.07 Å². The number of amides is 1. The second-order valence-corrected chi connectivity index (χ2v) is 8.62. The quantitative estimate of drug-likeness (QED) is 0.841. The number of morpholine rings is 1. The van der Waals surface area contributed by atoms with Gasteiger partial charge in [-0.05, 0) is 50.2 Å². The molecule has 1 aliphatic heterocycles. The number of halogens is 2. The van der Waals surface area contributed by atoms with Crippen LogP contribution in [0.2, 0.25) is 0 Å². The summed E-state index contributed by atoms with van der Waals surface area (Å²) in [7, 11) is -3.70. The lowest BCUT2D eigenvalue weighted by atomic mass is 10.2. The van der Waals surface area contributed by atoms with Crippen molar-refractivity contribution >= 4 is 21.6 Å². The van der Waals surface area contributed by atoms with Gasteiger partial charge in [-0.3, -0.25) is 4.79 Å². The Kier molecular flexibility index (Phi) is 5.78. The predicted octanol–water partition coefficient (Wildman–Crippen LogP) is 3.02. The van der Waals surface area contributed by atoms with E-state index >= 15 is 0 Å². The van der Waals surface area contributed by atoms with E-state index in [-0.39, 0.29) is 41.4 Å². The highest BCUT2D eigenvalue weighted by Gasteiger charge is 2.32. The summed E-state index contributed by atoms with van der Waals surface area (Å²) < 4.78 is 59.2. The van der Waals surface area contributed by atoms with Crippen LogP contribution in [0.5, 0.6) is 0 Å². The summed E-state index contributed by atoms with van der Waals surface area (Å²) >= 11 is 0. The predicted molar refractivity (Wildman–Crippen MR) is 99.5 cm³/mol. The van der Waals surface area contributed by atoms with Crippen LogP contribution in [0, 0.1) is 11.6 Å². The minimum absolute atomic E-state index is 0.0831. The van der Waals surface area contributed by atoms with E-state index in [0.717, 1.165) is 12.1 Å². The van der Waals surface area contributed by atoms with E-state index in [1.165, 1.54) is 28.6 Å². The lowest BCUT2D eigenvalue weighted by molar-refractivity contribution is -0.0440. The van der Waals surface area contributed by atoms with Crippen molar-refractivity contribution in [1.82, 2.24) is 4.31 Å². The molecule has 3 rings (SSSR count). The molecule has 0 aromatic heterocycles. The molecule has 6 nitrogen and oxygen atoms in total. The zero-order valence-electron chi connectivity index (χ0n) is 15.4. The van der Waals surface area contributed by atoms with Gasteiger partial charge in [-0.2, -0.15) is 4.31 Å². The zero-order valence-corrected chi connectivity index (χ0v) is 16.2. The lowest BCUT2D eigenvalue weighted by Crippen LogP contribution is -2.48. The van der Waals surface area contributed by atoms with E-state index in [9.17, 15) is 22.0 Å². The Bertz CT molecular complexity index is 970. The molecule has 1 heterocycles. The van der Waals surface area contributed by atoms with Gasteiger partial charge in [0.2, 0.25) is 10.0 Å². The molecule has 0 aliphatic carbocycles. The maximum atomic E-state index is 13.7. The summed E-state index contributed by atoms with van der Waals surface area (Å²) in [5.41, 5.74) is -0.0224. The van der Waals surface area contributed by atoms with Crippen LogP contribution < -0.4 is 5.32 Å². The van der Waals surface area contributed by atoms with Crippen molar-refractivity contribution in [3.8, 4) is 0 Å². The van der Waals surface area contributed by atoms with Gasteiger partial charge in [0.05, 0.1) is 22.7 Å². The van der Waals surface area contributed by atoms with Crippen LogP contribution in [0.15, 0.2) is 47.4 Å². The van der Waals surface area contributed by atoms with E-state index in [4.69, 9.17) is 4.74 Å². The highest BCUT2D eigenvalue weighted by molar-refractivity contribution is 7.89. The highest BCUT2D eigenvalue weighted by Crippen LogP contribution is 2.23. The topological polar surface area (TPSA) is 75.7 Å². The van der Waals surface area contributed by atoms with Crippen molar-refractivity contribution in [2.24, 2.45) is 0 Å². The standard InChI is InChI=1S/C19H20F2N2O4S/c1-12-10-23(11-13(2)27-12)28(25,26)16-6-4-15(5-7-16)22-19(24)17-8-3-14(20)9-18(17)21/h3-9,12-13H,10-11H2,1-2H3,(H,22,24). The minimum Gasteiger partial charge on any atom is -0.373 e. The molecule has 150 valence electrons. The molecule has 2 unspecified atom stereocenters. The van der Waals surface area contributed by atoms with Gasteiger partial charge in [0.15, 0.2) is 0 Å². The number of carbonyl (C=O) groups is 1. The van der Waals surface area contributed by atoms with Gasteiger partial charge in [0.1, 0.15) is 11.6 Å². The number of anilines is 1.